The molecule has 3 rings (SSSR count). The van der Waals surface area contributed by atoms with E-state index in [-0.39, 0.29) is 11.2 Å². The van der Waals surface area contributed by atoms with Crippen molar-refractivity contribution in [2.75, 3.05) is 35.5 Å². The van der Waals surface area contributed by atoms with Crippen LogP contribution in [0.1, 0.15) is 44.4 Å². The summed E-state index contributed by atoms with van der Waals surface area (Å²) >= 11 is 6.83. The zero-order valence-corrected chi connectivity index (χ0v) is 22.2. The molecule has 0 spiro atoms. The molecular weight excluding hydrogens is 474 g/mol. The van der Waals surface area contributed by atoms with Crippen molar-refractivity contribution in [3.8, 4) is 34.1 Å². The maximum atomic E-state index is 13.0. The minimum absolute atomic E-state index is 0.170. The molecule has 0 unspecified atom stereocenters. The number of carbonyl (C=O) groups excluding carboxylic acids is 1. The molecule has 9 heteroatoms. The summed E-state index contributed by atoms with van der Waals surface area (Å²) in [5.74, 6) is 1.28. The Morgan fingerprint density at radius 2 is 1.63 bits per heavy atom. The summed E-state index contributed by atoms with van der Waals surface area (Å²) in [5, 5.41) is 0.382. The number of hydrogen-bond acceptors (Lipinski definition) is 7. The van der Waals surface area contributed by atoms with Crippen LogP contribution in [0, 0.1) is 0 Å². The number of halogens is 1. The predicted molar refractivity (Wildman–Crippen MR) is 134 cm³/mol. The van der Waals surface area contributed by atoms with Crippen LogP contribution in [0.3, 0.4) is 0 Å². The molecule has 0 bridgehead atoms. The molecule has 190 valence electrons. The maximum Gasteiger partial charge on any atom is 0.410 e. The Kier molecular flexibility index (Phi) is 7.74. The van der Waals surface area contributed by atoms with Crippen molar-refractivity contribution in [3.63, 3.8) is 0 Å². The molecule has 0 saturated heterocycles. The van der Waals surface area contributed by atoms with Gasteiger partial charge in [0.05, 0.1) is 39.5 Å². The minimum Gasteiger partial charge on any atom is -0.493 e. The SMILES string of the molecule is COc1c(Cl)c2c(c(OC)c1OC)-c1ccc(OC)c(=O)cc1[C@@H](N(C)C(=O)OC(C)(C)C)CC2. The predicted octanol–water partition coefficient (Wildman–Crippen LogP) is 5.26. The van der Waals surface area contributed by atoms with Crippen molar-refractivity contribution in [3.05, 3.63) is 44.6 Å². The Morgan fingerprint density at radius 1 is 1.00 bits per heavy atom. The van der Waals surface area contributed by atoms with Gasteiger partial charge in [0.2, 0.25) is 11.2 Å². The molecule has 1 aliphatic rings. The Bertz CT molecular complexity index is 1190. The summed E-state index contributed by atoms with van der Waals surface area (Å²) in [6.45, 7) is 5.41. The van der Waals surface area contributed by atoms with Gasteiger partial charge in [-0.05, 0) is 62.4 Å². The van der Waals surface area contributed by atoms with Crippen LogP contribution >= 0.6 is 11.6 Å². The molecule has 0 fully saturated rings. The number of methoxy groups -OCH3 is 4. The first-order valence-electron chi connectivity index (χ1n) is 11.2. The molecule has 35 heavy (non-hydrogen) atoms. The van der Waals surface area contributed by atoms with Gasteiger partial charge in [-0.15, -0.1) is 0 Å². The van der Waals surface area contributed by atoms with E-state index in [4.69, 9.17) is 35.3 Å². The topological polar surface area (TPSA) is 83.5 Å². The summed E-state index contributed by atoms with van der Waals surface area (Å²) in [7, 11) is 7.64. The summed E-state index contributed by atoms with van der Waals surface area (Å²) in [5.41, 5.74) is 1.72. The van der Waals surface area contributed by atoms with Crippen molar-refractivity contribution in [1.29, 1.82) is 0 Å². The molecule has 2 aromatic carbocycles. The van der Waals surface area contributed by atoms with E-state index in [1.165, 1.54) is 39.4 Å². The van der Waals surface area contributed by atoms with Crippen molar-refractivity contribution in [1.82, 2.24) is 4.90 Å². The molecule has 0 aromatic heterocycles. The maximum absolute atomic E-state index is 13.0. The average molecular weight is 506 g/mol. The lowest BCUT2D eigenvalue weighted by atomic mass is 9.95. The van der Waals surface area contributed by atoms with Gasteiger partial charge in [0.1, 0.15) is 5.60 Å². The third kappa shape index (κ3) is 4.98. The lowest BCUT2D eigenvalue weighted by Gasteiger charge is -2.31. The average Bonchev–Trinajstić information content (AvgIpc) is 3.05. The van der Waals surface area contributed by atoms with Crippen LogP contribution in [-0.2, 0) is 11.2 Å². The number of amides is 1. The van der Waals surface area contributed by atoms with Gasteiger partial charge in [0.15, 0.2) is 17.2 Å². The molecule has 1 atom stereocenters. The van der Waals surface area contributed by atoms with E-state index < -0.39 is 17.7 Å². The number of carbonyl (C=O) groups is 1. The van der Waals surface area contributed by atoms with Gasteiger partial charge in [-0.25, -0.2) is 4.79 Å². The fourth-order valence-electron chi connectivity index (χ4n) is 4.38. The Labute approximate surface area is 210 Å². The highest BCUT2D eigenvalue weighted by molar-refractivity contribution is 6.34. The van der Waals surface area contributed by atoms with E-state index >= 15 is 0 Å². The smallest absolute Gasteiger partial charge is 0.410 e. The number of fused-ring (bicyclic) bond motifs is 3. The van der Waals surface area contributed by atoms with Crippen molar-refractivity contribution in [2.45, 2.75) is 45.3 Å². The lowest BCUT2D eigenvalue weighted by molar-refractivity contribution is 0.0213. The van der Waals surface area contributed by atoms with Crippen LogP contribution in [0.5, 0.6) is 23.0 Å². The molecule has 8 nitrogen and oxygen atoms in total. The van der Waals surface area contributed by atoms with E-state index in [0.29, 0.717) is 51.8 Å². The highest BCUT2D eigenvalue weighted by atomic mass is 35.5. The number of rotatable bonds is 5. The van der Waals surface area contributed by atoms with Crippen LogP contribution in [0.15, 0.2) is 23.0 Å². The minimum atomic E-state index is -0.677. The molecule has 2 aromatic rings. The molecule has 0 radical (unpaired) electrons. The van der Waals surface area contributed by atoms with Crippen LogP contribution in [0.25, 0.3) is 11.1 Å². The second-order valence-electron chi connectivity index (χ2n) is 9.19. The number of nitrogens with zero attached hydrogens (tertiary/aromatic N) is 1. The molecule has 0 N–H and O–H groups in total. The van der Waals surface area contributed by atoms with E-state index in [0.717, 1.165) is 5.56 Å². The van der Waals surface area contributed by atoms with Crippen LogP contribution < -0.4 is 24.4 Å². The third-order valence-electron chi connectivity index (χ3n) is 5.92. The van der Waals surface area contributed by atoms with E-state index in [1.54, 1.807) is 40.0 Å². The molecule has 1 aliphatic carbocycles. The molecule has 0 aliphatic heterocycles. The second kappa shape index (κ2) is 10.2. The quantitative estimate of drug-likeness (QED) is 0.548. The van der Waals surface area contributed by atoms with Crippen molar-refractivity contribution >= 4 is 17.7 Å². The first-order chi connectivity index (χ1) is 16.5. The summed E-state index contributed by atoms with van der Waals surface area (Å²) in [4.78, 5) is 27.5. The number of hydrogen-bond donors (Lipinski definition) is 0. The molecule has 1 amide bonds. The summed E-state index contributed by atoms with van der Waals surface area (Å²) in [6.07, 6.45) is 0.449. The van der Waals surface area contributed by atoms with Crippen molar-refractivity contribution in [2.24, 2.45) is 0 Å². The first-order valence-corrected chi connectivity index (χ1v) is 11.6. The second-order valence-corrected chi connectivity index (χ2v) is 9.57. The summed E-state index contributed by atoms with van der Waals surface area (Å²) < 4.78 is 27.9. The summed E-state index contributed by atoms with van der Waals surface area (Å²) in [6, 6.07) is 4.39. The van der Waals surface area contributed by atoms with Gasteiger partial charge in [-0.3, -0.25) is 4.79 Å². The largest absolute Gasteiger partial charge is 0.493 e. The van der Waals surface area contributed by atoms with E-state index in [1.807, 2.05) is 0 Å². The number of ether oxygens (including phenoxy) is 5. The fraction of sp³-hybridized carbons (Fsp3) is 0.462. The highest BCUT2D eigenvalue weighted by Crippen LogP contribution is 2.54. The van der Waals surface area contributed by atoms with Crippen LogP contribution in [-0.4, -0.2) is 52.1 Å². The number of benzene rings is 1. The first kappa shape index (κ1) is 26.5. The third-order valence-corrected chi connectivity index (χ3v) is 6.32. The molecule has 0 saturated carbocycles. The lowest BCUT2D eigenvalue weighted by Crippen LogP contribution is -2.37. The zero-order chi connectivity index (χ0) is 26.1. The van der Waals surface area contributed by atoms with Gasteiger partial charge in [0, 0.05) is 12.6 Å². The highest BCUT2D eigenvalue weighted by Gasteiger charge is 2.35. The monoisotopic (exact) mass is 505 g/mol. The van der Waals surface area contributed by atoms with Crippen LogP contribution in [0.4, 0.5) is 4.79 Å². The van der Waals surface area contributed by atoms with Gasteiger partial charge in [-0.1, -0.05) is 17.7 Å². The molecule has 0 heterocycles. The van der Waals surface area contributed by atoms with Crippen molar-refractivity contribution < 1.29 is 28.5 Å². The van der Waals surface area contributed by atoms with Gasteiger partial charge >= 0.3 is 6.09 Å². The Balaban J connectivity index is 2.39. The van der Waals surface area contributed by atoms with E-state index in [9.17, 15) is 9.59 Å². The van der Waals surface area contributed by atoms with Crippen LogP contribution in [0.2, 0.25) is 5.02 Å². The fourth-order valence-corrected chi connectivity index (χ4v) is 4.73. The standard InChI is InChI=1S/C26H32ClNO7/c1-26(2,3)35-25(30)28(4)17-11-9-15-20(14-10-12-19(31-5)18(29)13-16(14)17)22(32-6)24(34-8)23(33-7)21(15)27/h10,12-13,17H,9,11H2,1-8H3/t17-/m0/s1. The van der Waals surface area contributed by atoms with Gasteiger partial charge < -0.3 is 28.6 Å². The van der Waals surface area contributed by atoms with E-state index in [2.05, 4.69) is 0 Å². The Morgan fingerprint density at radius 3 is 2.17 bits per heavy atom. The zero-order valence-electron chi connectivity index (χ0n) is 21.4. The molecular formula is C26H32ClNO7. The van der Waals surface area contributed by atoms with Gasteiger partial charge in [-0.2, -0.15) is 0 Å². The Hall–Kier alpha value is -3.13. The van der Waals surface area contributed by atoms with Gasteiger partial charge in [0.25, 0.3) is 0 Å². The normalized spacial score (nSPS) is 14.7.